The van der Waals surface area contributed by atoms with Gasteiger partial charge in [-0.3, -0.25) is 4.79 Å². The highest BCUT2D eigenvalue weighted by atomic mass is 79.9. The first-order chi connectivity index (χ1) is 7.22. The molecule has 8 heteroatoms. The molecule has 0 fully saturated rings. The van der Waals surface area contributed by atoms with Gasteiger partial charge < -0.3 is 10.7 Å². The summed E-state index contributed by atoms with van der Waals surface area (Å²) in [5.41, 5.74) is 5.10. The van der Waals surface area contributed by atoms with Crippen LogP contribution < -0.4 is 11.3 Å². The van der Waals surface area contributed by atoms with Gasteiger partial charge in [0.15, 0.2) is 11.6 Å². The molecule has 0 spiro atoms. The lowest BCUT2D eigenvalue weighted by atomic mass is 10.6. The standard InChI is InChI=1S/C7H7BrN6O/c8-5-6(10-2-11-7(5)15)14-3-12-4(1-9)13-14/h2-3H,1,9H2,(H,10,11,15). The van der Waals surface area contributed by atoms with Crippen molar-refractivity contribution in [2.75, 3.05) is 0 Å². The Morgan fingerprint density at radius 2 is 2.33 bits per heavy atom. The molecular weight excluding hydrogens is 264 g/mol. The van der Waals surface area contributed by atoms with Gasteiger partial charge in [-0.25, -0.2) is 14.6 Å². The van der Waals surface area contributed by atoms with Crippen molar-refractivity contribution in [3.8, 4) is 5.82 Å². The van der Waals surface area contributed by atoms with Gasteiger partial charge in [-0.2, -0.15) is 0 Å². The first-order valence-electron chi connectivity index (χ1n) is 4.06. The summed E-state index contributed by atoms with van der Waals surface area (Å²) in [6, 6.07) is 0. The second kappa shape index (κ2) is 3.91. The van der Waals surface area contributed by atoms with E-state index in [-0.39, 0.29) is 12.1 Å². The number of hydrogen-bond donors (Lipinski definition) is 2. The Morgan fingerprint density at radius 1 is 1.53 bits per heavy atom. The van der Waals surface area contributed by atoms with E-state index < -0.39 is 0 Å². The number of H-pyrrole nitrogens is 1. The van der Waals surface area contributed by atoms with Crippen LogP contribution in [0.4, 0.5) is 0 Å². The number of rotatable bonds is 2. The molecule has 0 unspecified atom stereocenters. The van der Waals surface area contributed by atoms with E-state index in [0.717, 1.165) is 0 Å². The van der Waals surface area contributed by atoms with Gasteiger partial charge >= 0.3 is 0 Å². The largest absolute Gasteiger partial charge is 0.324 e. The Bertz CT molecular complexity index is 532. The van der Waals surface area contributed by atoms with Crippen LogP contribution in [0.3, 0.4) is 0 Å². The summed E-state index contributed by atoms with van der Waals surface area (Å²) in [7, 11) is 0. The molecule has 2 aromatic heterocycles. The summed E-state index contributed by atoms with van der Waals surface area (Å²) in [5.74, 6) is 0.870. The number of aromatic nitrogens is 5. The van der Waals surface area contributed by atoms with Gasteiger partial charge in [0, 0.05) is 0 Å². The van der Waals surface area contributed by atoms with Gasteiger partial charge in [0.1, 0.15) is 10.8 Å². The molecule has 0 aliphatic carbocycles. The average molecular weight is 271 g/mol. The maximum atomic E-state index is 11.3. The fourth-order valence-corrected chi connectivity index (χ4v) is 1.42. The predicted molar refractivity (Wildman–Crippen MR) is 55.4 cm³/mol. The van der Waals surface area contributed by atoms with Gasteiger partial charge in [-0.05, 0) is 15.9 Å². The third kappa shape index (κ3) is 1.81. The highest BCUT2D eigenvalue weighted by molar-refractivity contribution is 9.10. The fraction of sp³-hybridized carbons (Fsp3) is 0.143. The third-order valence-corrected chi connectivity index (χ3v) is 2.43. The molecule has 3 N–H and O–H groups in total. The van der Waals surface area contributed by atoms with Crippen molar-refractivity contribution in [3.63, 3.8) is 0 Å². The van der Waals surface area contributed by atoms with Crippen molar-refractivity contribution in [2.45, 2.75) is 6.54 Å². The molecule has 15 heavy (non-hydrogen) atoms. The molecule has 2 aromatic rings. The van der Waals surface area contributed by atoms with E-state index in [1.807, 2.05) is 0 Å². The number of hydrogen-bond acceptors (Lipinski definition) is 5. The van der Waals surface area contributed by atoms with E-state index in [1.54, 1.807) is 0 Å². The summed E-state index contributed by atoms with van der Waals surface area (Å²) >= 11 is 3.12. The zero-order valence-corrected chi connectivity index (χ0v) is 9.10. The molecule has 0 bridgehead atoms. The van der Waals surface area contributed by atoms with Crippen molar-refractivity contribution in [1.29, 1.82) is 0 Å². The molecule has 2 heterocycles. The summed E-state index contributed by atoms with van der Waals surface area (Å²) < 4.78 is 1.69. The monoisotopic (exact) mass is 270 g/mol. The average Bonchev–Trinajstić information content (AvgIpc) is 2.70. The molecule has 0 aliphatic rings. The van der Waals surface area contributed by atoms with Crippen LogP contribution in [0.5, 0.6) is 0 Å². The van der Waals surface area contributed by atoms with Crippen LogP contribution >= 0.6 is 15.9 Å². The lowest BCUT2D eigenvalue weighted by Crippen LogP contribution is -2.12. The van der Waals surface area contributed by atoms with Gasteiger partial charge in [-0.15, -0.1) is 5.10 Å². The fourth-order valence-electron chi connectivity index (χ4n) is 1.03. The number of halogens is 1. The minimum absolute atomic E-state index is 0.244. The van der Waals surface area contributed by atoms with Crippen LogP contribution in [-0.2, 0) is 6.54 Å². The van der Waals surface area contributed by atoms with Gasteiger partial charge in [0.2, 0.25) is 0 Å². The van der Waals surface area contributed by atoms with Crippen molar-refractivity contribution in [2.24, 2.45) is 5.73 Å². The molecule has 0 atom stereocenters. The van der Waals surface area contributed by atoms with Gasteiger partial charge in [0.25, 0.3) is 5.56 Å². The number of nitrogens with one attached hydrogen (secondary N) is 1. The van der Waals surface area contributed by atoms with Crippen molar-refractivity contribution in [1.82, 2.24) is 24.7 Å². The summed E-state index contributed by atoms with van der Waals surface area (Å²) in [5, 5.41) is 4.04. The van der Waals surface area contributed by atoms with Crippen molar-refractivity contribution >= 4 is 15.9 Å². The predicted octanol–water partition coefficient (Wildman–Crippen LogP) is -0.428. The molecule has 0 saturated heterocycles. The molecule has 7 nitrogen and oxygen atoms in total. The number of nitrogens with two attached hydrogens (primary N) is 1. The van der Waals surface area contributed by atoms with Crippen LogP contribution in [0, 0.1) is 0 Å². The molecule has 0 aromatic carbocycles. The maximum absolute atomic E-state index is 11.3. The lowest BCUT2D eigenvalue weighted by Gasteiger charge is -1.99. The maximum Gasteiger partial charge on any atom is 0.267 e. The summed E-state index contributed by atoms with van der Waals surface area (Å²) in [6.45, 7) is 0.244. The van der Waals surface area contributed by atoms with Crippen LogP contribution in [0.2, 0.25) is 0 Å². The van der Waals surface area contributed by atoms with E-state index in [9.17, 15) is 4.79 Å². The third-order valence-electron chi connectivity index (χ3n) is 1.72. The Morgan fingerprint density at radius 3 is 3.00 bits per heavy atom. The highest BCUT2D eigenvalue weighted by Crippen LogP contribution is 2.11. The number of nitrogens with zero attached hydrogens (tertiary/aromatic N) is 4. The zero-order valence-electron chi connectivity index (χ0n) is 7.51. The summed E-state index contributed by atoms with van der Waals surface area (Å²) in [6.07, 6.45) is 2.75. The molecule has 0 aliphatic heterocycles. The second-order valence-electron chi connectivity index (χ2n) is 2.68. The van der Waals surface area contributed by atoms with Crippen LogP contribution in [0.1, 0.15) is 5.82 Å². The van der Waals surface area contributed by atoms with E-state index in [1.165, 1.54) is 17.3 Å². The smallest absolute Gasteiger partial charge is 0.267 e. The Labute approximate surface area is 92.5 Å². The lowest BCUT2D eigenvalue weighted by molar-refractivity contribution is 0.796. The molecule has 0 saturated carbocycles. The Balaban J connectivity index is 2.54. The highest BCUT2D eigenvalue weighted by Gasteiger charge is 2.09. The molecule has 0 amide bonds. The Hall–Kier alpha value is -1.54. The molecular formula is C7H7BrN6O. The number of aromatic amines is 1. The first kappa shape index (κ1) is 9.99. The van der Waals surface area contributed by atoms with Crippen molar-refractivity contribution in [3.05, 3.63) is 33.3 Å². The van der Waals surface area contributed by atoms with Crippen LogP contribution in [0.15, 0.2) is 21.9 Å². The van der Waals surface area contributed by atoms with Crippen LogP contribution in [-0.4, -0.2) is 24.7 Å². The van der Waals surface area contributed by atoms with E-state index in [0.29, 0.717) is 16.1 Å². The minimum Gasteiger partial charge on any atom is -0.324 e. The zero-order chi connectivity index (χ0) is 10.8. The minimum atomic E-state index is -0.273. The normalized spacial score (nSPS) is 10.5. The second-order valence-corrected chi connectivity index (χ2v) is 3.47. The van der Waals surface area contributed by atoms with Gasteiger partial charge in [-0.1, -0.05) is 0 Å². The first-order valence-corrected chi connectivity index (χ1v) is 4.86. The summed E-state index contributed by atoms with van der Waals surface area (Å²) in [4.78, 5) is 21.6. The van der Waals surface area contributed by atoms with Crippen molar-refractivity contribution < 1.29 is 0 Å². The van der Waals surface area contributed by atoms with E-state index in [2.05, 4.69) is 36.0 Å². The van der Waals surface area contributed by atoms with E-state index >= 15 is 0 Å². The van der Waals surface area contributed by atoms with Gasteiger partial charge in [0.05, 0.1) is 12.9 Å². The topological polar surface area (TPSA) is 102 Å². The molecule has 2 rings (SSSR count). The SMILES string of the molecule is NCc1ncn(-c2nc[nH]c(=O)c2Br)n1. The molecule has 0 radical (unpaired) electrons. The van der Waals surface area contributed by atoms with E-state index in [4.69, 9.17) is 5.73 Å². The molecule has 78 valence electrons. The van der Waals surface area contributed by atoms with Crippen LogP contribution in [0.25, 0.3) is 5.82 Å². The quantitative estimate of drug-likeness (QED) is 0.771. The Kier molecular flexibility index (Phi) is 2.60.